The van der Waals surface area contributed by atoms with Crippen molar-refractivity contribution in [3.63, 3.8) is 0 Å². The Morgan fingerprint density at radius 3 is 2.38 bits per heavy atom. The third-order valence-electron chi connectivity index (χ3n) is 2.25. The van der Waals surface area contributed by atoms with Gasteiger partial charge in [0.2, 0.25) is 5.91 Å². The maximum absolute atomic E-state index is 11.4. The normalized spacial score (nSPS) is 14.9. The predicted octanol–water partition coefficient (Wildman–Crippen LogP) is -0.971. The minimum atomic E-state index is -1.45. The van der Waals surface area contributed by atoms with Crippen LogP contribution in [0.25, 0.3) is 0 Å². The fraction of sp³-hybridized carbons (Fsp3) is 0.900. The van der Waals surface area contributed by atoms with Gasteiger partial charge in [0, 0.05) is 12.8 Å². The quantitative estimate of drug-likeness (QED) is 0.346. The summed E-state index contributed by atoms with van der Waals surface area (Å²) in [6, 6.07) is -0.633. The van der Waals surface area contributed by atoms with Gasteiger partial charge in [-0.3, -0.25) is 4.79 Å². The molecule has 0 fully saturated rings. The SMILES string of the molecule is CCCCC(=O)NC(CCC(O)O)C(N)O. The van der Waals surface area contributed by atoms with E-state index in [4.69, 9.17) is 15.9 Å². The largest absolute Gasteiger partial charge is 0.377 e. The standard InChI is InChI=1S/C10H22N2O4/c1-2-3-4-8(13)12-7(10(11)16)5-6-9(14)15/h7,9-10,14-16H,2-6,11H2,1H3,(H,12,13). The maximum atomic E-state index is 11.4. The molecule has 6 heteroatoms. The van der Waals surface area contributed by atoms with Gasteiger partial charge in [0.25, 0.3) is 0 Å². The lowest BCUT2D eigenvalue weighted by atomic mass is 10.1. The molecule has 0 aromatic rings. The predicted molar refractivity (Wildman–Crippen MR) is 59.1 cm³/mol. The Morgan fingerprint density at radius 2 is 1.94 bits per heavy atom. The Kier molecular flexibility index (Phi) is 8.10. The first-order valence-corrected chi connectivity index (χ1v) is 5.56. The van der Waals surface area contributed by atoms with E-state index in [-0.39, 0.29) is 18.7 Å². The first-order chi connectivity index (χ1) is 7.47. The van der Waals surface area contributed by atoms with Crippen LogP contribution in [0.1, 0.15) is 39.0 Å². The summed E-state index contributed by atoms with van der Waals surface area (Å²) in [6.07, 6.45) is -0.264. The van der Waals surface area contributed by atoms with Gasteiger partial charge in [-0.05, 0) is 12.8 Å². The number of rotatable bonds is 8. The van der Waals surface area contributed by atoms with Crippen LogP contribution in [0.3, 0.4) is 0 Å². The van der Waals surface area contributed by atoms with E-state index < -0.39 is 18.6 Å². The third kappa shape index (κ3) is 7.58. The molecule has 0 rings (SSSR count). The molecule has 0 radical (unpaired) electrons. The van der Waals surface area contributed by atoms with Crippen LogP contribution >= 0.6 is 0 Å². The van der Waals surface area contributed by atoms with Crippen LogP contribution < -0.4 is 11.1 Å². The Hall–Kier alpha value is -0.690. The fourth-order valence-corrected chi connectivity index (χ4v) is 1.27. The summed E-state index contributed by atoms with van der Waals surface area (Å²) >= 11 is 0. The van der Waals surface area contributed by atoms with Gasteiger partial charge >= 0.3 is 0 Å². The van der Waals surface area contributed by atoms with Crippen molar-refractivity contribution in [3.8, 4) is 0 Å². The van der Waals surface area contributed by atoms with E-state index in [0.29, 0.717) is 6.42 Å². The van der Waals surface area contributed by atoms with Gasteiger partial charge in [-0.25, -0.2) is 0 Å². The van der Waals surface area contributed by atoms with Crippen LogP contribution in [0, 0.1) is 0 Å². The second-order valence-electron chi connectivity index (χ2n) is 3.83. The lowest BCUT2D eigenvalue weighted by molar-refractivity contribution is -0.123. The Labute approximate surface area is 95.5 Å². The van der Waals surface area contributed by atoms with Crippen LogP contribution in [0.2, 0.25) is 0 Å². The molecule has 1 amide bonds. The molecular formula is C10H22N2O4. The van der Waals surface area contributed by atoms with E-state index in [0.717, 1.165) is 12.8 Å². The molecule has 0 heterocycles. The van der Waals surface area contributed by atoms with Gasteiger partial charge in [0.05, 0.1) is 6.04 Å². The van der Waals surface area contributed by atoms with Crippen molar-refractivity contribution in [2.45, 2.75) is 57.6 Å². The fourth-order valence-electron chi connectivity index (χ4n) is 1.27. The molecule has 6 nitrogen and oxygen atoms in total. The number of aliphatic hydroxyl groups is 3. The molecular weight excluding hydrogens is 212 g/mol. The number of aliphatic hydroxyl groups excluding tert-OH is 2. The maximum Gasteiger partial charge on any atom is 0.220 e. The zero-order valence-corrected chi connectivity index (χ0v) is 9.59. The van der Waals surface area contributed by atoms with Crippen LogP contribution in [-0.2, 0) is 4.79 Å². The molecule has 96 valence electrons. The number of carbonyl (C=O) groups is 1. The van der Waals surface area contributed by atoms with Gasteiger partial charge in [-0.1, -0.05) is 13.3 Å². The molecule has 0 aromatic heterocycles. The third-order valence-corrected chi connectivity index (χ3v) is 2.25. The molecule has 0 aliphatic carbocycles. The van der Waals surface area contributed by atoms with Crippen LogP contribution in [-0.4, -0.2) is 39.8 Å². The topological polar surface area (TPSA) is 116 Å². The summed E-state index contributed by atoms with van der Waals surface area (Å²) in [5.41, 5.74) is 5.28. The van der Waals surface area contributed by atoms with E-state index >= 15 is 0 Å². The summed E-state index contributed by atoms with van der Waals surface area (Å²) in [5, 5.41) is 29.1. The molecule has 0 saturated carbocycles. The van der Waals surface area contributed by atoms with E-state index in [1.54, 1.807) is 0 Å². The van der Waals surface area contributed by atoms with Crippen LogP contribution in [0.5, 0.6) is 0 Å². The number of nitrogens with two attached hydrogens (primary N) is 1. The number of nitrogens with one attached hydrogen (secondary N) is 1. The summed E-state index contributed by atoms with van der Waals surface area (Å²) < 4.78 is 0. The average Bonchev–Trinajstić information content (AvgIpc) is 2.20. The number of hydrogen-bond acceptors (Lipinski definition) is 5. The van der Waals surface area contributed by atoms with Gasteiger partial charge in [0.15, 0.2) is 6.29 Å². The Balaban J connectivity index is 3.97. The summed E-state index contributed by atoms with van der Waals surface area (Å²) in [6.45, 7) is 1.98. The van der Waals surface area contributed by atoms with Crippen molar-refractivity contribution in [2.75, 3.05) is 0 Å². The van der Waals surface area contributed by atoms with E-state index in [1.807, 2.05) is 6.92 Å². The molecule has 16 heavy (non-hydrogen) atoms. The molecule has 0 aliphatic rings. The van der Waals surface area contributed by atoms with Gasteiger partial charge < -0.3 is 26.4 Å². The summed E-state index contributed by atoms with van der Waals surface area (Å²) in [4.78, 5) is 11.4. The van der Waals surface area contributed by atoms with Crippen LogP contribution in [0.15, 0.2) is 0 Å². The lowest BCUT2D eigenvalue weighted by Gasteiger charge is -2.21. The van der Waals surface area contributed by atoms with Crippen molar-refractivity contribution < 1.29 is 20.1 Å². The van der Waals surface area contributed by atoms with Crippen molar-refractivity contribution in [1.82, 2.24) is 5.32 Å². The highest BCUT2D eigenvalue weighted by Crippen LogP contribution is 2.03. The monoisotopic (exact) mass is 234 g/mol. The lowest BCUT2D eigenvalue weighted by Crippen LogP contribution is -2.47. The Bertz CT molecular complexity index is 197. The molecule has 2 atom stereocenters. The number of amides is 1. The van der Waals surface area contributed by atoms with Crippen molar-refractivity contribution in [3.05, 3.63) is 0 Å². The van der Waals surface area contributed by atoms with E-state index in [1.165, 1.54) is 0 Å². The Morgan fingerprint density at radius 1 is 1.31 bits per heavy atom. The molecule has 0 saturated heterocycles. The number of hydrogen-bond donors (Lipinski definition) is 5. The first-order valence-electron chi connectivity index (χ1n) is 5.56. The summed E-state index contributed by atoms with van der Waals surface area (Å²) in [7, 11) is 0. The second kappa shape index (κ2) is 8.46. The molecule has 0 aromatic carbocycles. The van der Waals surface area contributed by atoms with E-state index in [2.05, 4.69) is 5.32 Å². The van der Waals surface area contributed by atoms with E-state index in [9.17, 15) is 9.90 Å². The minimum Gasteiger partial charge on any atom is -0.377 e. The highest BCUT2D eigenvalue weighted by molar-refractivity contribution is 5.76. The zero-order valence-electron chi connectivity index (χ0n) is 9.59. The highest BCUT2D eigenvalue weighted by Gasteiger charge is 2.18. The molecule has 6 N–H and O–H groups in total. The van der Waals surface area contributed by atoms with Gasteiger partial charge in [0.1, 0.15) is 6.23 Å². The number of carbonyl (C=O) groups excluding carboxylic acids is 1. The first kappa shape index (κ1) is 15.3. The van der Waals surface area contributed by atoms with Crippen LogP contribution in [0.4, 0.5) is 0 Å². The minimum absolute atomic E-state index is 0.0625. The smallest absolute Gasteiger partial charge is 0.220 e. The zero-order chi connectivity index (χ0) is 12.6. The van der Waals surface area contributed by atoms with Crippen molar-refractivity contribution in [1.29, 1.82) is 0 Å². The van der Waals surface area contributed by atoms with Crippen molar-refractivity contribution in [2.24, 2.45) is 5.73 Å². The molecule has 0 aliphatic heterocycles. The molecule has 2 unspecified atom stereocenters. The highest BCUT2D eigenvalue weighted by atomic mass is 16.5. The average molecular weight is 234 g/mol. The second-order valence-corrected chi connectivity index (χ2v) is 3.83. The van der Waals surface area contributed by atoms with Gasteiger partial charge in [-0.15, -0.1) is 0 Å². The molecule has 0 bridgehead atoms. The molecule has 0 spiro atoms. The summed E-state index contributed by atoms with van der Waals surface area (Å²) in [5.74, 6) is -0.177. The van der Waals surface area contributed by atoms with Crippen molar-refractivity contribution >= 4 is 5.91 Å². The number of unbranched alkanes of at least 4 members (excludes halogenated alkanes) is 1. The van der Waals surface area contributed by atoms with Gasteiger partial charge in [-0.2, -0.15) is 0 Å².